The number of hydrogen-bond acceptors (Lipinski definition) is 24. The van der Waals surface area contributed by atoms with Gasteiger partial charge in [0.2, 0.25) is 0 Å². The van der Waals surface area contributed by atoms with Gasteiger partial charge in [-0.2, -0.15) is 8.42 Å². The number of carbonyl (C=O) groups is 1. The Morgan fingerprint density at radius 2 is 0.860 bits per heavy atom. The highest BCUT2D eigenvalue weighted by molar-refractivity contribution is 7.80. The molecule has 13 N–H and O–H groups in total. The fourth-order valence-corrected chi connectivity index (χ4v) is 7.56. The average molecular weight is 859 g/mol. The van der Waals surface area contributed by atoms with Crippen LogP contribution in [-0.2, 0) is 62.0 Å². The highest BCUT2D eigenvalue weighted by Crippen LogP contribution is 2.37. The van der Waals surface area contributed by atoms with E-state index < -0.39 is 170 Å². The first-order chi connectivity index (χ1) is 26.4. The molecule has 0 aliphatic carbocycles. The zero-order valence-electron chi connectivity index (χ0n) is 30.5. The zero-order chi connectivity index (χ0) is 42.6. The first kappa shape index (κ1) is 46.6. The third kappa shape index (κ3) is 9.86. The number of aliphatic hydroxyl groups excluding tert-OH is 11. The minimum Gasteiger partial charge on any atom is -0.479 e. The standard InChI is InChI=1S/C30H50O26S/c1-5-9(31)20(17(39)26(43)47-5)52-30-24(55-28-15(37)12(34)13(35)23(54-28)25(41)42)22(11(33)7(3)49-30)53-29-18(40)21(10(32)6(2)48-29)51-27-16(38)14(36)19(8(4)50-27)56-57(44,45)46/h5-24,26-40,43H,1-4H3,(H,41,42)(H,44,45,46)/t5-,6-,7-,8-,9+,10+,11+,12-,13-,14-,15+,16-,17-,18-,19+,20+,21+,22+,23-,24-,26?,27-,28+,29-,30-/m0/s1. The predicted molar refractivity (Wildman–Crippen MR) is 172 cm³/mol. The molecule has 5 rings (SSSR count). The third-order valence-electron chi connectivity index (χ3n) is 10.3. The number of carboxylic acids is 1. The van der Waals surface area contributed by atoms with Crippen molar-refractivity contribution in [1.82, 2.24) is 0 Å². The number of carboxylic acid groups (broad SMARTS) is 1. The van der Waals surface area contributed by atoms with Gasteiger partial charge in [0.1, 0.15) is 91.6 Å². The summed E-state index contributed by atoms with van der Waals surface area (Å²) in [5.74, 6) is -1.79. The Morgan fingerprint density at radius 1 is 0.439 bits per heavy atom. The second-order valence-corrected chi connectivity index (χ2v) is 15.5. The summed E-state index contributed by atoms with van der Waals surface area (Å²) in [7, 11) is -5.13. The van der Waals surface area contributed by atoms with Gasteiger partial charge >= 0.3 is 16.4 Å². The minimum atomic E-state index is -5.13. The first-order valence-corrected chi connectivity index (χ1v) is 19.1. The minimum absolute atomic E-state index is 1.14. The van der Waals surface area contributed by atoms with E-state index in [1.165, 1.54) is 27.7 Å². The van der Waals surface area contributed by atoms with Crippen molar-refractivity contribution in [3.63, 3.8) is 0 Å². The predicted octanol–water partition coefficient (Wildman–Crippen LogP) is -7.89. The first-order valence-electron chi connectivity index (χ1n) is 17.7. The van der Waals surface area contributed by atoms with Gasteiger partial charge in [0, 0.05) is 0 Å². The van der Waals surface area contributed by atoms with Crippen molar-refractivity contribution in [2.45, 2.75) is 181 Å². The molecule has 5 heterocycles. The van der Waals surface area contributed by atoms with Crippen molar-refractivity contribution in [1.29, 1.82) is 0 Å². The summed E-state index contributed by atoms with van der Waals surface area (Å²) in [6, 6.07) is 0. The summed E-state index contributed by atoms with van der Waals surface area (Å²) in [6.07, 6.45) is -46.5. The van der Waals surface area contributed by atoms with Crippen LogP contribution in [0.15, 0.2) is 0 Å². The van der Waals surface area contributed by atoms with E-state index in [2.05, 4.69) is 4.18 Å². The van der Waals surface area contributed by atoms with E-state index >= 15 is 0 Å². The Hall–Kier alpha value is -1.46. The molecule has 0 aromatic carbocycles. The largest absolute Gasteiger partial charge is 0.479 e. The van der Waals surface area contributed by atoms with Crippen LogP contribution in [0.2, 0.25) is 0 Å². The maximum atomic E-state index is 11.8. The molecule has 0 spiro atoms. The molecule has 5 aliphatic rings. The third-order valence-corrected chi connectivity index (χ3v) is 10.8. The maximum absolute atomic E-state index is 11.8. The number of rotatable bonds is 11. The second kappa shape index (κ2) is 18.3. The van der Waals surface area contributed by atoms with Gasteiger partial charge in [0.05, 0.1) is 24.4 Å². The van der Waals surface area contributed by atoms with Crippen molar-refractivity contribution in [2.24, 2.45) is 0 Å². The van der Waals surface area contributed by atoms with Crippen LogP contribution in [0.5, 0.6) is 0 Å². The Bertz CT molecular complexity index is 1450. The lowest BCUT2D eigenvalue weighted by atomic mass is 9.95. The van der Waals surface area contributed by atoms with Gasteiger partial charge in [0.15, 0.2) is 37.6 Å². The molecule has 0 bridgehead atoms. The molecule has 25 atom stereocenters. The van der Waals surface area contributed by atoms with E-state index in [1.54, 1.807) is 0 Å². The van der Waals surface area contributed by atoms with Crippen molar-refractivity contribution in [2.75, 3.05) is 0 Å². The smallest absolute Gasteiger partial charge is 0.397 e. The molecule has 27 heteroatoms. The number of aliphatic carboxylic acids is 1. The average Bonchev–Trinajstić information content (AvgIpc) is 3.13. The van der Waals surface area contributed by atoms with Crippen LogP contribution in [-0.4, -0.2) is 234 Å². The van der Waals surface area contributed by atoms with Crippen molar-refractivity contribution in [3.05, 3.63) is 0 Å². The normalized spacial score (nSPS) is 52.7. The number of ether oxygens (including phenoxy) is 9. The molecule has 0 amide bonds. The second-order valence-electron chi connectivity index (χ2n) is 14.4. The van der Waals surface area contributed by atoms with Crippen LogP contribution in [0.4, 0.5) is 0 Å². The van der Waals surface area contributed by atoms with Gasteiger partial charge in [-0.25, -0.2) is 8.98 Å². The van der Waals surface area contributed by atoms with Crippen LogP contribution < -0.4 is 0 Å². The molecule has 0 radical (unpaired) electrons. The highest BCUT2D eigenvalue weighted by Gasteiger charge is 2.57. The van der Waals surface area contributed by atoms with E-state index in [4.69, 9.17) is 47.2 Å². The lowest BCUT2D eigenvalue weighted by molar-refractivity contribution is -0.404. The van der Waals surface area contributed by atoms with Gasteiger partial charge in [-0.05, 0) is 27.7 Å². The Labute approximate surface area is 323 Å². The Morgan fingerprint density at radius 3 is 1.44 bits per heavy atom. The van der Waals surface area contributed by atoms with Gasteiger partial charge in [-0.1, -0.05) is 0 Å². The van der Waals surface area contributed by atoms with Crippen LogP contribution >= 0.6 is 0 Å². The summed E-state index contributed by atoms with van der Waals surface area (Å²) in [5.41, 5.74) is 0. The van der Waals surface area contributed by atoms with E-state index in [9.17, 15) is 74.5 Å². The Kier molecular flexibility index (Phi) is 14.9. The van der Waals surface area contributed by atoms with Crippen molar-refractivity contribution in [3.8, 4) is 0 Å². The molecule has 1 unspecified atom stereocenters. The van der Waals surface area contributed by atoms with Gasteiger partial charge in [-0.3, -0.25) is 4.55 Å². The van der Waals surface area contributed by atoms with E-state index in [-0.39, 0.29) is 0 Å². The van der Waals surface area contributed by atoms with Gasteiger partial charge in [0.25, 0.3) is 0 Å². The molecule has 0 aromatic rings. The molecule has 0 saturated carbocycles. The van der Waals surface area contributed by atoms with Crippen molar-refractivity contribution < 1.29 is 126 Å². The van der Waals surface area contributed by atoms with Crippen LogP contribution in [0.3, 0.4) is 0 Å². The topological polar surface area (TPSA) is 407 Å². The molecular formula is C30H50O26S. The molecular weight excluding hydrogens is 808 g/mol. The van der Waals surface area contributed by atoms with Crippen LogP contribution in [0.25, 0.3) is 0 Å². The van der Waals surface area contributed by atoms with Crippen molar-refractivity contribution >= 4 is 16.4 Å². The number of aliphatic hydroxyl groups is 11. The summed E-state index contributed by atoms with van der Waals surface area (Å²) >= 11 is 0. The fraction of sp³-hybridized carbons (Fsp3) is 0.967. The molecule has 57 heavy (non-hydrogen) atoms. The summed E-state index contributed by atoms with van der Waals surface area (Å²) in [6.45, 7) is 5.08. The molecule has 332 valence electrons. The maximum Gasteiger partial charge on any atom is 0.397 e. The summed E-state index contributed by atoms with van der Waals surface area (Å²) < 4.78 is 86.5. The van der Waals surface area contributed by atoms with Gasteiger partial charge in [-0.15, -0.1) is 0 Å². The summed E-state index contributed by atoms with van der Waals surface area (Å²) in [5, 5.41) is 128. The number of hydrogen-bond donors (Lipinski definition) is 13. The quantitative estimate of drug-likeness (QED) is 0.0858. The molecule has 26 nitrogen and oxygen atoms in total. The molecule has 5 fully saturated rings. The lowest BCUT2D eigenvalue weighted by Gasteiger charge is -2.50. The summed E-state index contributed by atoms with van der Waals surface area (Å²) in [4.78, 5) is 11.8. The highest BCUT2D eigenvalue weighted by atomic mass is 32.3. The van der Waals surface area contributed by atoms with Gasteiger partial charge < -0.3 is 104 Å². The fourth-order valence-electron chi connectivity index (χ4n) is 7.01. The lowest BCUT2D eigenvalue weighted by Crippen LogP contribution is -2.68. The van der Waals surface area contributed by atoms with Crippen LogP contribution in [0.1, 0.15) is 27.7 Å². The molecule has 0 aromatic heterocycles. The Balaban J connectivity index is 1.44. The van der Waals surface area contributed by atoms with E-state index in [1.807, 2.05) is 0 Å². The van der Waals surface area contributed by atoms with E-state index in [0.717, 1.165) is 0 Å². The zero-order valence-corrected chi connectivity index (χ0v) is 31.3. The monoisotopic (exact) mass is 858 g/mol. The molecule has 5 saturated heterocycles. The van der Waals surface area contributed by atoms with Crippen LogP contribution in [0, 0.1) is 0 Å². The van der Waals surface area contributed by atoms with E-state index in [0.29, 0.717) is 0 Å². The SMILES string of the molecule is C[C@@H]1O[C@@H](O[C@@H]2[C@H](O)[C@H](C)O[C@@H](O[C@@H]3[C@H](O)[C@H](C)OC(O)[C@H]3O)[C@H]2O[C@H]2O[C@H](C(=O)O)[C@@H](O)[C@H](O)[C@H]2O)[C@@H](O)[C@H](O[C@@H]2O[C@@H](C)[C@@H](OS(=O)(=O)O)[C@@H](O)[C@@H]2O)[C@@H]1O. The molecule has 5 aliphatic heterocycles.